The molecule has 1 aromatic carbocycles. The van der Waals surface area contributed by atoms with Gasteiger partial charge >= 0.3 is 0 Å². The van der Waals surface area contributed by atoms with Crippen molar-refractivity contribution in [2.24, 2.45) is 0 Å². The second-order valence-electron chi connectivity index (χ2n) is 6.57. The van der Waals surface area contributed by atoms with Gasteiger partial charge < -0.3 is 16.0 Å². The van der Waals surface area contributed by atoms with Crippen LogP contribution in [-0.4, -0.2) is 66.8 Å². The van der Waals surface area contributed by atoms with E-state index >= 15 is 0 Å². The fraction of sp³-hybridized carbons (Fsp3) is 0.333. The number of nitrogens with one attached hydrogen (secondary N) is 1. The third kappa shape index (κ3) is 5.38. The van der Waals surface area contributed by atoms with Crippen LogP contribution in [0.25, 0.3) is 0 Å². The predicted octanol–water partition coefficient (Wildman–Crippen LogP) is 0.743. The van der Waals surface area contributed by atoms with Gasteiger partial charge in [-0.2, -0.15) is 9.57 Å². The van der Waals surface area contributed by atoms with Crippen molar-refractivity contribution in [1.29, 1.82) is 5.26 Å². The molecule has 0 saturated carbocycles. The van der Waals surface area contributed by atoms with Gasteiger partial charge in [0, 0.05) is 26.2 Å². The lowest BCUT2D eigenvalue weighted by atomic mass is 10.2. The van der Waals surface area contributed by atoms with E-state index in [2.05, 4.69) is 20.2 Å². The van der Waals surface area contributed by atoms with Crippen molar-refractivity contribution in [3.05, 3.63) is 36.0 Å². The Kier molecular flexibility index (Phi) is 6.76. The van der Waals surface area contributed by atoms with Gasteiger partial charge in [-0.3, -0.25) is 4.79 Å². The van der Waals surface area contributed by atoms with Crippen LogP contribution < -0.4 is 16.0 Å². The molecular formula is C18H21N7O3S2. The first-order chi connectivity index (χ1) is 14.3. The second kappa shape index (κ2) is 9.29. The first-order valence-electron chi connectivity index (χ1n) is 9.02. The Balaban J connectivity index is 1.61. The fourth-order valence-electron chi connectivity index (χ4n) is 2.97. The largest absolute Gasteiger partial charge is 0.382 e. The monoisotopic (exact) mass is 447 g/mol. The number of anilines is 3. The SMILES string of the molecule is CS(=O)(=O)N1CCN(c2ccccc2NC(=O)CSc2ncc(C#N)c(N)n2)CC1. The molecule has 2 aromatic rings. The third-order valence-corrected chi connectivity index (χ3v) is 6.64. The van der Waals surface area contributed by atoms with E-state index in [4.69, 9.17) is 11.0 Å². The van der Waals surface area contributed by atoms with E-state index in [-0.39, 0.29) is 23.0 Å². The van der Waals surface area contributed by atoms with Crippen molar-refractivity contribution >= 4 is 44.9 Å². The van der Waals surface area contributed by atoms with Crippen molar-refractivity contribution < 1.29 is 13.2 Å². The first-order valence-corrected chi connectivity index (χ1v) is 11.9. The summed E-state index contributed by atoms with van der Waals surface area (Å²) in [6, 6.07) is 9.28. The van der Waals surface area contributed by atoms with Crippen LogP contribution >= 0.6 is 11.8 Å². The number of benzene rings is 1. The first kappa shape index (κ1) is 21.8. The standard InChI is InChI=1S/C18H21N7O3S2/c1-30(27,28)25-8-6-24(7-9-25)15-5-3-2-4-14(15)22-16(26)12-29-18-21-11-13(10-19)17(20)23-18/h2-5,11H,6-9,12H2,1H3,(H,22,26)(H2,20,21,23). The van der Waals surface area contributed by atoms with Gasteiger partial charge in [0.2, 0.25) is 15.9 Å². The average Bonchev–Trinajstić information content (AvgIpc) is 2.72. The molecule has 1 aliphatic rings. The Morgan fingerprint density at radius 3 is 2.63 bits per heavy atom. The van der Waals surface area contributed by atoms with E-state index in [0.717, 1.165) is 17.4 Å². The maximum absolute atomic E-state index is 12.4. The fourth-order valence-corrected chi connectivity index (χ4v) is 4.41. The van der Waals surface area contributed by atoms with Gasteiger partial charge in [-0.1, -0.05) is 23.9 Å². The summed E-state index contributed by atoms with van der Waals surface area (Å²) in [5.41, 5.74) is 7.34. The predicted molar refractivity (Wildman–Crippen MR) is 116 cm³/mol. The number of piperazine rings is 1. The van der Waals surface area contributed by atoms with Crippen molar-refractivity contribution in [3.63, 3.8) is 0 Å². The van der Waals surface area contributed by atoms with Crippen LogP contribution in [0.2, 0.25) is 0 Å². The zero-order chi connectivity index (χ0) is 21.7. The molecule has 2 heterocycles. The zero-order valence-corrected chi connectivity index (χ0v) is 17.9. The Bertz CT molecular complexity index is 1080. The van der Waals surface area contributed by atoms with Crippen LogP contribution in [0.5, 0.6) is 0 Å². The van der Waals surface area contributed by atoms with Gasteiger partial charge in [-0.25, -0.2) is 18.4 Å². The molecule has 3 N–H and O–H groups in total. The molecule has 3 rings (SSSR count). The Hall–Kier alpha value is -2.88. The number of thioether (sulfide) groups is 1. The summed E-state index contributed by atoms with van der Waals surface area (Å²) >= 11 is 1.11. The van der Waals surface area contributed by atoms with Crippen LogP contribution in [0.4, 0.5) is 17.2 Å². The van der Waals surface area contributed by atoms with E-state index < -0.39 is 10.0 Å². The van der Waals surface area contributed by atoms with Gasteiger partial charge in [0.25, 0.3) is 0 Å². The number of carbonyl (C=O) groups is 1. The molecule has 0 atom stereocenters. The number of sulfonamides is 1. The number of nitriles is 1. The van der Waals surface area contributed by atoms with Gasteiger partial charge in [0.1, 0.15) is 17.5 Å². The maximum atomic E-state index is 12.4. The number of nitrogens with two attached hydrogens (primary N) is 1. The molecule has 0 radical (unpaired) electrons. The lowest BCUT2D eigenvalue weighted by Crippen LogP contribution is -2.48. The quantitative estimate of drug-likeness (QED) is 0.483. The van der Waals surface area contributed by atoms with Crippen molar-refractivity contribution in [3.8, 4) is 6.07 Å². The normalized spacial score (nSPS) is 14.9. The number of nitrogen functional groups attached to an aromatic ring is 1. The molecule has 0 spiro atoms. The number of para-hydroxylation sites is 2. The Morgan fingerprint density at radius 1 is 1.30 bits per heavy atom. The lowest BCUT2D eigenvalue weighted by molar-refractivity contribution is -0.113. The van der Waals surface area contributed by atoms with Gasteiger partial charge in [0.05, 0.1) is 29.6 Å². The lowest BCUT2D eigenvalue weighted by Gasteiger charge is -2.35. The van der Waals surface area contributed by atoms with Crippen LogP contribution in [0.15, 0.2) is 35.6 Å². The molecule has 0 unspecified atom stereocenters. The summed E-state index contributed by atoms with van der Waals surface area (Å²) in [5, 5.41) is 12.1. The molecule has 30 heavy (non-hydrogen) atoms. The minimum Gasteiger partial charge on any atom is -0.382 e. The van der Waals surface area contributed by atoms with E-state index in [1.165, 1.54) is 16.8 Å². The summed E-state index contributed by atoms with van der Waals surface area (Å²) in [6.07, 6.45) is 2.54. The molecule has 158 valence electrons. The highest BCUT2D eigenvalue weighted by atomic mass is 32.2. The number of rotatable bonds is 6. The van der Waals surface area contributed by atoms with Gasteiger partial charge in [0.15, 0.2) is 5.16 Å². The molecule has 1 aromatic heterocycles. The Morgan fingerprint density at radius 2 is 2.00 bits per heavy atom. The maximum Gasteiger partial charge on any atom is 0.234 e. The van der Waals surface area contributed by atoms with E-state index in [1.807, 2.05) is 24.3 Å². The van der Waals surface area contributed by atoms with E-state index in [0.29, 0.717) is 37.0 Å². The Labute approximate surface area is 179 Å². The van der Waals surface area contributed by atoms with Crippen LogP contribution in [0.1, 0.15) is 5.56 Å². The number of hydrogen-bond acceptors (Lipinski definition) is 9. The summed E-state index contributed by atoms with van der Waals surface area (Å²) in [7, 11) is -3.21. The minimum absolute atomic E-state index is 0.0710. The minimum atomic E-state index is -3.21. The average molecular weight is 448 g/mol. The number of carbonyl (C=O) groups excluding carboxylic acids is 1. The third-order valence-electron chi connectivity index (χ3n) is 4.48. The molecular weight excluding hydrogens is 426 g/mol. The number of amides is 1. The smallest absolute Gasteiger partial charge is 0.234 e. The van der Waals surface area contributed by atoms with Crippen molar-refractivity contribution in [1.82, 2.24) is 14.3 Å². The van der Waals surface area contributed by atoms with E-state index in [1.54, 1.807) is 6.07 Å². The molecule has 1 fully saturated rings. The van der Waals surface area contributed by atoms with Gasteiger partial charge in [-0.15, -0.1) is 0 Å². The van der Waals surface area contributed by atoms with E-state index in [9.17, 15) is 13.2 Å². The highest BCUT2D eigenvalue weighted by Crippen LogP contribution is 2.27. The topological polar surface area (TPSA) is 145 Å². The molecule has 1 amide bonds. The summed E-state index contributed by atoms with van der Waals surface area (Å²) in [6.45, 7) is 1.86. The summed E-state index contributed by atoms with van der Waals surface area (Å²) in [5.74, 6) is -0.0932. The van der Waals surface area contributed by atoms with Gasteiger partial charge in [-0.05, 0) is 12.1 Å². The van der Waals surface area contributed by atoms with Crippen LogP contribution in [0, 0.1) is 11.3 Å². The molecule has 0 aliphatic carbocycles. The van der Waals surface area contributed by atoms with Crippen molar-refractivity contribution in [2.75, 3.05) is 54.1 Å². The number of nitrogens with zero attached hydrogens (tertiary/aromatic N) is 5. The molecule has 10 nitrogen and oxygen atoms in total. The molecule has 1 saturated heterocycles. The zero-order valence-electron chi connectivity index (χ0n) is 16.3. The molecule has 12 heteroatoms. The molecule has 1 aliphatic heterocycles. The van der Waals surface area contributed by atoms with Crippen LogP contribution in [0.3, 0.4) is 0 Å². The van der Waals surface area contributed by atoms with Crippen LogP contribution in [-0.2, 0) is 14.8 Å². The number of aromatic nitrogens is 2. The highest BCUT2D eigenvalue weighted by Gasteiger charge is 2.24. The molecule has 0 bridgehead atoms. The highest BCUT2D eigenvalue weighted by molar-refractivity contribution is 7.99. The summed E-state index contributed by atoms with van der Waals surface area (Å²) < 4.78 is 24.9. The van der Waals surface area contributed by atoms with Crippen molar-refractivity contribution in [2.45, 2.75) is 5.16 Å². The number of hydrogen-bond donors (Lipinski definition) is 2. The summed E-state index contributed by atoms with van der Waals surface area (Å²) in [4.78, 5) is 22.5. The second-order valence-corrected chi connectivity index (χ2v) is 9.49.